The first-order chi connectivity index (χ1) is 9.95. The number of benzene rings is 1. The summed E-state index contributed by atoms with van der Waals surface area (Å²) in [6.07, 6.45) is -4.00. The van der Waals surface area contributed by atoms with Gasteiger partial charge >= 0.3 is 6.18 Å². The maximum atomic E-state index is 12.6. The Morgan fingerprint density at radius 1 is 1.41 bits per heavy atom. The molecule has 1 amide bonds. The number of carbonyl (C=O) groups excluding carboxylic acids is 1. The Morgan fingerprint density at radius 2 is 2.18 bits per heavy atom. The van der Waals surface area contributed by atoms with Gasteiger partial charge in [0, 0.05) is 37.1 Å². The molecular formula is C14H18ClF3N2OS. The van der Waals surface area contributed by atoms with Gasteiger partial charge in [0.25, 0.3) is 0 Å². The van der Waals surface area contributed by atoms with Crippen molar-refractivity contribution < 1.29 is 18.0 Å². The van der Waals surface area contributed by atoms with Crippen LogP contribution in [0.15, 0.2) is 24.3 Å². The van der Waals surface area contributed by atoms with Gasteiger partial charge in [0.2, 0.25) is 5.91 Å². The van der Waals surface area contributed by atoms with Crippen LogP contribution in [0.3, 0.4) is 0 Å². The van der Waals surface area contributed by atoms with E-state index in [0.717, 1.165) is 30.2 Å². The van der Waals surface area contributed by atoms with E-state index in [-0.39, 0.29) is 30.9 Å². The Morgan fingerprint density at radius 3 is 2.82 bits per heavy atom. The summed E-state index contributed by atoms with van der Waals surface area (Å²) in [5.41, 5.74) is -0.247. The molecule has 0 spiro atoms. The van der Waals surface area contributed by atoms with E-state index in [1.54, 1.807) is 17.8 Å². The molecule has 0 aliphatic carbocycles. The van der Waals surface area contributed by atoms with Crippen molar-refractivity contribution in [2.45, 2.75) is 25.2 Å². The molecule has 1 fully saturated rings. The number of hydrogen-bond donors (Lipinski definition) is 2. The third-order valence-electron chi connectivity index (χ3n) is 3.17. The van der Waals surface area contributed by atoms with Gasteiger partial charge in [0.15, 0.2) is 0 Å². The number of rotatable bonds is 4. The first kappa shape index (κ1) is 19.1. The average molecular weight is 355 g/mol. The van der Waals surface area contributed by atoms with Gasteiger partial charge in [-0.15, -0.1) is 12.4 Å². The lowest BCUT2D eigenvalue weighted by molar-refractivity contribution is -0.137. The zero-order valence-corrected chi connectivity index (χ0v) is 13.4. The third-order valence-corrected chi connectivity index (χ3v) is 4.31. The zero-order chi connectivity index (χ0) is 15.3. The van der Waals surface area contributed by atoms with Crippen molar-refractivity contribution >= 4 is 30.1 Å². The molecule has 3 nitrogen and oxygen atoms in total. The SMILES string of the molecule is Cl.O=C(CC1CSCCN1)NCc1cccc(C(F)(F)F)c1. The minimum absolute atomic E-state index is 0. The van der Waals surface area contributed by atoms with Crippen molar-refractivity contribution in [3.63, 3.8) is 0 Å². The molecule has 1 aromatic rings. The summed E-state index contributed by atoms with van der Waals surface area (Å²) in [5, 5.41) is 5.92. The number of nitrogens with one attached hydrogen (secondary N) is 2. The Kier molecular flexibility index (Phi) is 7.52. The van der Waals surface area contributed by atoms with Crippen LogP contribution in [0, 0.1) is 0 Å². The molecule has 1 aromatic carbocycles. The Balaban J connectivity index is 0.00000242. The Bertz CT molecular complexity index is 493. The summed E-state index contributed by atoms with van der Waals surface area (Å²) in [6.45, 7) is 0.999. The quantitative estimate of drug-likeness (QED) is 0.873. The minimum atomic E-state index is -4.36. The molecule has 1 heterocycles. The van der Waals surface area contributed by atoms with Gasteiger partial charge in [-0.25, -0.2) is 0 Å². The fourth-order valence-corrected chi connectivity index (χ4v) is 3.05. The van der Waals surface area contributed by atoms with E-state index >= 15 is 0 Å². The van der Waals surface area contributed by atoms with E-state index in [4.69, 9.17) is 0 Å². The molecule has 22 heavy (non-hydrogen) atoms. The molecule has 2 N–H and O–H groups in total. The second-order valence-corrected chi connectivity index (χ2v) is 6.05. The van der Waals surface area contributed by atoms with Crippen molar-refractivity contribution in [1.82, 2.24) is 10.6 Å². The number of thioether (sulfide) groups is 1. The molecular weight excluding hydrogens is 337 g/mol. The van der Waals surface area contributed by atoms with E-state index in [2.05, 4.69) is 10.6 Å². The summed E-state index contributed by atoms with van der Waals surface area (Å²) in [5.74, 6) is 1.78. The fraction of sp³-hybridized carbons (Fsp3) is 0.500. The molecule has 0 radical (unpaired) electrons. The van der Waals surface area contributed by atoms with Crippen molar-refractivity contribution in [3.8, 4) is 0 Å². The highest BCUT2D eigenvalue weighted by Gasteiger charge is 2.30. The van der Waals surface area contributed by atoms with Gasteiger partial charge in [-0.2, -0.15) is 24.9 Å². The van der Waals surface area contributed by atoms with E-state index in [0.29, 0.717) is 12.0 Å². The summed E-state index contributed by atoms with van der Waals surface area (Å²) in [4.78, 5) is 11.8. The second-order valence-electron chi connectivity index (χ2n) is 4.90. The first-order valence-electron chi connectivity index (χ1n) is 6.69. The number of amides is 1. The summed E-state index contributed by atoms with van der Waals surface area (Å²) >= 11 is 1.80. The van der Waals surface area contributed by atoms with Crippen LogP contribution in [-0.2, 0) is 17.5 Å². The van der Waals surface area contributed by atoms with Crippen molar-refractivity contribution in [2.24, 2.45) is 0 Å². The van der Waals surface area contributed by atoms with Gasteiger partial charge in [-0.05, 0) is 17.7 Å². The molecule has 1 unspecified atom stereocenters. The number of halogens is 4. The molecule has 0 aromatic heterocycles. The third kappa shape index (κ3) is 6.06. The molecule has 2 rings (SSSR count). The maximum Gasteiger partial charge on any atom is 0.416 e. The maximum absolute atomic E-state index is 12.6. The van der Waals surface area contributed by atoms with Crippen molar-refractivity contribution in [1.29, 1.82) is 0 Å². The van der Waals surface area contributed by atoms with E-state index < -0.39 is 11.7 Å². The van der Waals surface area contributed by atoms with Crippen LogP contribution >= 0.6 is 24.2 Å². The van der Waals surface area contributed by atoms with Gasteiger partial charge in [0.1, 0.15) is 0 Å². The molecule has 0 bridgehead atoms. The van der Waals surface area contributed by atoms with E-state index in [1.807, 2.05) is 0 Å². The van der Waals surface area contributed by atoms with Gasteiger partial charge < -0.3 is 10.6 Å². The van der Waals surface area contributed by atoms with Gasteiger partial charge in [-0.1, -0.05) is 12.1 Å². The summed E-state index contributed by atoms with van der Waals surface area (Å²) < 4.78 is 37.7. The van der Waals surface area contributed by atoms with Crippen LogP contribution in [0.4, 0.5) is 13.2 Å². The van der Waals surface area contributed by atoms with Gasteiger partial charge in [0.05, 0.1) is 5.56 Å². The molecule has 1 aliphatic heterocycles. The molecule has 8 heteroatoms. The predicted octanol–water partition coefficient (Wildman–Crippen LogP) is 2.84. The molecule has 1 atom stereocenters. The first-order valence-corrected chi connectivity index (χ1v) is 7.84. The normalized spacial score (nSPS) is 18.4. The lowest BCUT2D eigenvalue weighted by atomic mass is 10.1. The van der Waals surface area contributed by atoms with Crippen LogP contribution in [0.5, 0.6) is 0 Å². The van der Waals surface area contributed by atoms with Gasteiger partial charge in [-0.3, -0.25) is 4.79 Å². The predicted molar refractivity (Wildman–Crippen MR) is 84.3 cm³/mol. The molecule has 1 saturated heterocycles. The highest BCUT2D eigenvalue weighted by Crippen LogP contribution is 2.29. The number of carbonyl (C=O) groups is 1. The van der Waals surface area contributed by atoms with E-state index in [1.165, 1.54) is 6.07 Å². The zero-order valence-electron chi connectivity index (χ0n) is 11.8. The topological polar surface area (TPSA) is 41.1 Å². The highest BCUT2D eigenvalue weighted by molar-refractivity contribution is 7.99. The Labute approximate surface area is 137 Å². The largest absolute Gasteiger partial charge is 0.416 e. The summed E-state index contributed by atoms with van der Waals surface area (Å²) in [7, 11) is 0. The minimum Gasteiger partial charge on any atom is -0.352 e. The van der Waals surface area contributed by atoms with Crippen LogP contribution in [0.25, 0.3) is 0 Å². The van der Waals surface area contributed by atoms with Crippen LogP contribution in [0.2, 0.25) is 0 Å². The monoisotopic (exact) mass is 354 g/mol. The lowest BCUT2D eigenvalue weighted by Gasteiger charge is -2.22. The number of alkyl halides is 3. The standard InChI is InChI=1S/C14H17F3N2OS.ClH/c15-14(16,17)11-3-1-2-10(6-11)8-19-13(20)7-12-9-21-5-4-18-12;/h1-3,6,12,18H,4-5,7-9H2,(H,19,20);1H. The Hall–Kier alpha value is -0.920. The molecule has 124 valence electrons. The fourth-order valence-electron chi connectivity index (χ4n) is 2.11. The highest BCUT2D eigenvalue weighted by atomic mass is 35.5. The summed E-state index contributed by atoms with van der Waals surface area (Å²) in [6, 6.07) is 5.16. The van der Waals surface area contributed by atoms with Crippen molar-refractivity contribution in [3.05, 3.63) is 35.4 Å². The van der Waals surface area contributed by atoms with Crippen LogP contribution in [-0.4, -0.2) is 30.0 Å². The number of hydrogen-bond acceptors (Lipinski definition) is 3. The van der Waals surface area contributed by atoms with Crippen LogP contribution in [0.1, 0.15) is 17.5 Å². The lowest BCUT2D eigenvalue weighted by Crippen LogP contribution is -2.41. The van der Waals surface area contributed by atoms with Crippen molar-refractivity contribution in [2.75, 3.05) is 18.1 Å². The molecule has 1 aliphatic rings. The van der Waals surface area contributed by atoms with Crippen LogP contribution < -0.4 is 10.6 Å². The molecule has 0 saturated carbocycles. The smallest absolute Gasteiger partial charge is 0.352 e. The van der Waals surface area contributed by atoms with E-state index in [9.17, 15) is 18.0 Å². The average Bonchev–Trinajstić information content (AvgIpc) is 2.46. The second kappa shape index (κ2) is 8.64.